The number of carbonyl (C=O) groups excluding carboxylic acids is 1. The zero-order chi connectivity index (χ0) is 26.5. The molecular weight excluding hydrogens is 468 g/mol. The molecule has 2 N–H and O–H groups in total. The van der Waals surface area contributed by atoms with Gasteiger partial charge in [0.2, 0.25) is 11.9 Å². The van der Waals surface area contributed by atoms with Crippen LogP contribution >= 0.6 is 0 Å². The fraction of sp³-hybridized carbons (Fsp3) is 0.259. The third kappa shape index (κ3) is 5.70. The molecule has 0 bridgehead atoms. The van der Waals surface area contributed by atoms with Crippen molar-refractivity contribution in [3.05, 3.63) is 67.3 Å². The molecule has 37 heavy (non-hydrogen) atoms. The van der Waals surface area contributed by atoms with E-state index in [1.807, 2.05) is 68.9 Å². The fourth-order valence-corrected chi connectivity index (χ4v) is 3.93. The number of imidazole rings is 1. The normalized spacial score (nSPS) is 11.0. The predicted octanol–water partition coefficient (Wildman–Crippen LogP) is 3.97. The van der Waals surface area contributed by atoms with Crippen molar-refractivity contribution in [1.82, 2.24) is 24.3 Å². The maximum absolute atomic E-state index is 12.2. The van der Waals surface area contributed by atoms with E-state index in [1.54, 1.807) is 19.6 Å². The van der Waals surface area contributed by atoms with Crippen molar-refractivity contribution in [2.45, 2.75) is 6.92 Å². The van der Waals surface area contributed by atoms with Gasteiger partial charge >= 0.3 is 0 Å². The summed E-state index contributed by atoms with van der Waals surface area (Å²) < 4.78 is 7.71. The number of nitrogens with zero attached hydrogens (tertiary/aromatic N) is 6. The van der Waals surface area contributed by atoms with Crippen molar-refractivity contribution in [3.8, 4) is 17.1 Å². The summed E-state index contributed by atoms with van der Waals surface area (Å²) in [7, 11) is 7.61. The Morgan fingerprint density at radius 2 is 1.95 bits per heavy atom. The molecular formula is C27H32N8O2. The molecule has 0 saturated heterocycles. The summed E-state index contributed by atoms with van der Waals surface area (Å²) in [6.07, 6.45) is 4.71. The van der Waals surface area contributed by atoms with E-state index < -0.39 is 0 Å². The van der Waals surface area contributed by atoms with E-state index in [2.05, 4.69) is 37.0 Å². The van der Waals surface area contributed by atoms with Gasteiger partial charge in [0, 0.05) is 38.1 Å². The number of benzene rings is 1. The molecule has 10 heteroatoms. The van der Waals surface area contributed by atoms with Crippen LogP contribution in [0.5, 0.6) is 5.75 Å². The van der Waals surface area contributed by atoms with Gasteiger partial charge in [-0.2, -0.15) is 0 Å². The summed E-state index contributed by atoms with van der Waals surface area (Å²) in [5.74, 6) is 0.651. The molecule has 0 spiro atoms. The van der Waals surface area contributed by atoms with Crippen LogP contribution in [-0.4, -0.2) is 71.5 Å². The highest BCUT2D eigenvalue weighted by Gasteiger charge is 2.17. The predicted molar refractivity (Wildman–Crippen MR) is 148 cm³/mol. The first-order chi connectivity index (χ1) is 17.8. The van der Waals surface area contributed by atoms with E-state index in [0.29, 0.717) is 28.8 Å². The van der Waals surface area contributed by atoms with Gasteiger partial charge in [-0.05, 0) is 51.4 Å². The fourth-order valence-electron chi connectivity index (χ4n) is 3.93. The smallest absolute Gasteiger partial charge is 0.247 e. The summed E-state index contributed by atoms with van der Waals surface area (Å²) in [6, 6.07) is 11.6. The largest absolute Gasteiger partial charge is 0.494 e. The monoisotopic (exact) mass is 500 g/mol. The molecule has 192 valence electrons. The molecule has 0 atom stereocenters. The Morgan fingerprint density at radius 1 is 1.14 bits per heavy atom. The molecule has 0 saturated carbocycles. The molecule has 3 aromatic heterocycles. The zero-order valence-electron chi connectivity index (χ0n) is 21.8. The van der Waals surface area contributed by atoms with Gasteiger partial charge in [0.1, 0.15) is 17.8 Å². The second-order valence-electron chi connectivity index (χ2n) is 8.89. The van der Waals surface area contributed by atoms with E-state index in [4.69, 9.17) is 9.72 Å². The van der Waals surface area contributed by atoms with Gasteiger partial charge in [0.05, 0.1) is 35.4 Å². The van der Waals surface area contributed by atoms with E-state index >= 15 is 0 Å². The number of ether oxygens (including phenoxy) is 1. The van der Waals surface area contributed by atoms with Gasteiger partial charge in [-0.1, -0.05) is 12.6 Å². The number of hydrogen-bond acceptors (Lipinski definition) is 8. The quantitative estimate of drug-likeness (QED) is 0.316. The number of aryl methyl sites for hydroxylation is 1. The average Bonchev–Trinajstić information content (AvgIpc) is 3.33. The van der Waals surface area contributed by atoms with Gasteiger partial charge in [-0.3, -0.25) is 4.79 Å². The molecule has 4 rings (SSSR count). The van der Waals surface area contributed by atoms with Crippen molar-refractivity contribution < 1.29 is 9.53 Å². The number of hydrogen-bond donors (Lipinski definition) is 2. The maximum atomic E-state index is 12.2. The van der Waals surface area contributed by atoms with Crippen LogP contribution in [0, 0.1) is 6.92 Å². The first kappa shape index (κ1) is 25.6. The summed E-state index contributed by atoms with van der Waals surface area (Å²) in [6.45, 7) is 7.20. The molecule has 0 aliphatic carbocycles. The summed E-state index contributed by atoms with van der Waals surface area (Å²) >= 11 is 0. The molecule has 3 heterocycles. The summed E-state index contributed by atoms with van der Waals surface area (Å²) in [5, 5.41) is 6.15. The minimum atomic E-state index is -0.307. The number of pyridine rings is 1. The van der Waals surface area contributed by atoms with E-state index in [1.165, 1.54) is 6.08 Å². The van der Waals surface area contributed by atoms with Crippen molar-refractivity contribution in [2.24, 2.45) is 0 Å². The molecule has 10 nitrogen and oxygen atoms in total. The number of amides is 1. The summed E-state index contributed by atoms with van der Waals surface area (Å²) in [5.41, 5.74) is 5.52. The van der Waals surface area contributed by atoms with Gasteiger partial charge in [0.15, 0.2) is 0 Å². The van der Waals surface area contributed by atoms with Crippen LogP contribution < -0.4 is 20.3 Å². The second-order valence-corrected chi connectivity index (χ2v) is 8.89. The first-order valence-corrected chi connectivity index (χ1v) is 11.8. The average molecular weight is 501 g/mol. The van der Waals surface area contributed by atoms with E-state index in [-0.39, 0.29) is 5.91 Å². The van der Waals surface area contributed by atoms with Crippen LogP contribution in [-0.2, 0) is 4.79 Å². The minimum Gasteiger partial charge on any atom is -0.494 e. The number of carbonyl (C=O) groups is 1. The molecule has 0 radical (unpaired) electrons. The van der Waals surface area contributed by atoms with Gasteiger partial charge in [-0.15, -0.1) is 0 Å². The standard InChI is InChI=1S/C27H32N8O2/c1-7-25(36)30-20-15-21(24(37-6)16-23(20)34(5)14-13-33(3)4)32-27-28-12-11-19(31-27)26-22-10-8-9-18(2)35(22)17-29-26/h7-12,15-17H,1,13-14H2,2-6H3,(H,30,36)(H,28,31,32). The van der Waals surface area contributed by atoms with Crippen molar-refractivity contribution >= 4 is 34.4 Å². The molecule has 1 aromatic carbocycles. The molecule has 0 unspecified atom stereocenters. The lowest BCUT2D eigenvalue weighted by Crippen LogP contribution is -2.29. The Labute approximate surface area is 216 Å². The van der Waals surface area contributed by atoms with Crippen LogP contribution in [0.15, 0.2) is 61.6 Å². The number of anilines is 4. The van der Waals surface area contributed by atoms with Crippen LogP contribution in [0.25, 0.3) is 16.9 Å². The molecule has 1 amide bonds. The molecule has 0 fully saturated rings. The SMILES string of the molecule is C=CC(=O)Nc1cc(Nc2nccc(-c3ncn4c(C)cccc34)n2)c(OC)cc1N(C)CCN(C)C. The van der Waals surface area contributed by atoms with Crippen LogP contribution in [0.4, 0.5) is 23.0 Å². The number of aromatic nitrogens is 4. The second kappa shape index (κ2) is 11.1. The van der Waals surface area contributed by atoms with Gasteiger partial charge in [0.25, 0.3) is 0 Å². The van der Waals surface area contributed by atoms with Crippen molar-refractivity contribution in [3.63, 3.8) is 0 Å². The van der Waals surface area contributed by atoms with Crippen LogP contribution in [0.3, 0.4) is 0 Å². The Morgan fingerprint density at radius 3 is 2.68 bits per heavy atom. The van der Waals surface area contributed by atoms with Crippen molar-refractivity contribution in [2.75, 3.05) is 56.9 Å². The highest BCUT2D eigenvalue weighted by atomic mass is 16.5. The Kier molecular flexibility index (Phi) is 7.69. The lowest BCUT2D eigenvalue weighted by molar-refractivity contribution is -0.111. The lowest BCUT2D eigenvalue weighted by Gasteiger charge is -2.26. The topological polar surface area (TPSA) is 99.9 Å². The maximum Gasteiger partial charge on any atom is 0.247 e. The molecule has 0 aliphatic rings. The van der Waals surface area contributed by atoms with Crippen LogP contribution in [0.1, 0.15) is 5.69 Å². The van der Waals surface area contributed by atoms with Gasteiger partial charge < -0.3 is 29.6 Å². The molecule has 4 aromatic rings. The van der Waals surface area contributed by atoms with E-state index in [0.717, 1.165) is 35.7 Å². The lowest BCUT2D eigenvalue weighted by atomic mass is 10.2. The third-order valence-electron chi connectivity index (χ3n) is 5.98. The zero-order valence-corrected chi connectivity index (χ0v) is 21.8. The van der Waals surface area contributed by atoms with Crippen LogP contribution in [0.2, 0.25) is 0 Å². The highest BCUT2D eigenvalue weighted by Crippen LogP contribution is 2.38. The third-order valence-corrected chi connectivity index (χ3v) is 5.98. The highest BCUT2D eigenvalue weighted by molar-refractivity contribution is 6.02. The number of methoxy groups -OCH3 is 1. The Bertz CT molecular complexity index is 1430. The first-order valence-electron chi connectivity index (χ1n) is 11.8. The Balaban J connectivity index is 1.70. The Hall–Kier alpha value is -4.44. The number of likely N-dealkylation sites (N-methyl/N-ethyl adjacent to an activating group) is 2. The van der Waals surface area contributed by atoms with Crippen molar-refractivity contribution in [1.29, 1.82) is 0 Å². The number of rotatable bonds is 10. The molecule has 0 aliphatic heterocycles. The number of fused-ring (bicyclic) bond motifs is 1. The van der Waals surface area contributed by atoms with Gasteiger partial charge in [-0.25, -0.2) is 15.0 Å². The summed E-state index contributed by atoms with van der Waals surface area (Å²) in [4.78, 5) is 30.1. The minimum absolute atomic E-state index is 0.307. The van der Waals surface area contributed by atoms with E-state index in [9.17, 15) is 4.79 Å². The number of nitrogens with one attached hydrogen (secondary N) is 2.